The van der Waals surface area contributed by atoms with Gasteiger partial charge in [0.2, 0.25) is 0 Å². The number of rotatable bonds is 2. The van der Waals surface area contributed by atoms with Gasteiger partial charge in [-0.05, 0) is 42.5 Å². The standard InChI is InChI=1S/C15H12FNO/c1-18-12-7-5-11(6-8-12)17-10-9-13-14(16)3-2-4-15(13)17/h2-10H,1H3. The number of benzene rings is 2. The number of hydrogen-bond donors (Lipinski definition) is 0. The van der Waals surface area contributed by atoms with Crippen LogP contribution < -0.4 is 4.74 Å². The Bertz CT molecular complexity index is 685. The fraction of sp³-hybridized carbons (Fsp3) is 0.0667. The average molecular weight is 241 g/mol. The summed E-state index contributed by atoms with van der Waals surface area (Å²) in [6.07, 6.45) is 1.87. The highest BCUT2D eigenvalue weighted by Gasteiger charge is 2.06. The molecule has 2 nitrogen and oxygen atoms in total. The molecule has 0 atom stereocenters. The molecule has 1 heterocycles. The molecule has 0 spiro atoms. The van der Waals surface area contributed by atoms with Crippen LogP contribution in [0, 0.1) is 5.82 Å². The van der Waals surface area contributed by atoms with Crippen LogP contribution in [-0.2, 0) is 0 Å². The van der Waals surface area contributed by atoms with Crippen molar-refractivity contribution in [3.05, 3.63) is 60.5 Å². The maximum absolute atomic E-state index is 13.6. The van der Waals surface area contributed by atoms with Gasteiger partial charge in [0.05, 0.1) is 12.6 Å². The Morgan fingerprint density at radius 1 is 1.00 bits per heavy atom. The Balaban J connectivity index is 2.16. The van der Waals surface area contributed by atoms with Gasteiger partial charge in [-0.1, -0.05) is 6.07 Å². The zero-order valence-electron chi connectivity index (χ0n) is 9.93. The van der Waals surface area contributed by atoms with Crippen LogP contribution in [0.2, 0.25) is 0 Å². The first kappa shape index (κ1) is 10.8. The molecule has 2 aromatic carbocycles. The van der Waals surface area contributed by atoms with Crippen molar-refractivity contribution in [2.24, 2.45) is 0 Å². The molecule has 90 valence electrons. The summed E-state index contributed by atoms with van der Waals surface area (Å²) in [6.45, 7) is 0. The van der Waals surface area contributed by atoms with E-state index in [1.165, 1.54) is 6.07 Å². The number of hydrogen-bond acceptors (Lipinski definition) is 1. The molecule has 0 aliphatic rings. The summed E-state index contributed by atoms with van der Waals surface area (Å²) in [4.78, 5) is 0. The van der Waals surface area contributed by atoms with Crippen LogP contribution in [0.1, 0.15) is 0 Å². The molecular formula is C15H12FNO. The lowest BCUT2D eigenvalue weighted by Gasteiger charge is -2.06. The maximum Gasteiger partial charge on any atom is 0.132 e. The molecule has 0 saturated heterocycles. The Morgan fingerprint density at radius 3 is 2.50 bits per heavy atom. The third kappa shape index (κ3) is 1.64. The highest BCUT2D eigenvalue weighted by molar-refractivity contribution is 5.82. The molecule has 0 amide bonds. The molecule has 3 rings (SSSR count). The zero-order chi connectivity index (χ0) is 12.5. The minimum atomic E-state index is -0.195. The lowest BCUT2D eigenvalue weighted by molar-refractivity contribution is 0.415. The van der Waals surface area contributed by atoms with E-state index in [2.05, 4.69) is 0 Å². The van der Waals surface area contributed by atoms with Gasteiger partial charge in [0, 0.05) is 17.3 Å². The molecule has 3 heteroatoms. The molecule has 0 bridgehead atoms. The Labute approximate surface area is 104 Å². The summed E-state index contributed by atoms with van der Waals surface area (Å²) in [5, 5.41) is 0.633. The van der Waals surface area contributed by atoms with E-state index in [1.807, 2.05) is 41.1 Å². The third-order valence-electron chi connectivity index (χ3n) is 3.03. The number of fused-ring (bicyclic) bond motifs is 1. The molecule has 1 aromatic heterocycles. The number of halogens is 1. The molecule has 3 aromatic rings. The van der Waals surface area contributed by atoms with Gasteiger partial charge in [-0.2, -0.15) is 0 Å². The van der Waals surface area contributed by atoms with E-state index < -0.39 is 0 Å². The number of ether oxygens (including phenoxy) is 1. The first-order valence-electron chi connectivity index (χ1n) is 5.69. The van der Waals surface area contributed by atoms with Crippen molar-refractivity contribution < 1.29 is 9.13 Å². The van der Waals surface area contributed by atoms with E-state index in [-0.39, 0.29) is 5.82 Å². The highest BCUT2D eigenvalue weighted by atomic mass is 19.1. The number of nitrogens with zero attached hydrogens (tertiary/aromatic N) is 1. The molecular weight excluding hydrogens is 229 g/mol. The Morgan fingerprint density at radius 2 is 1.78 bits per heavy atom. The van der Waals surface area contributed by atoms with Crippen molar-refractivity contribution >= 4 is 10.9 Å². The van der Waals surface area contributed by atoms with Gasteiger partial charge in [-0.25, -0.2) is 4.39 Å². The lowest BCUT2D eigenvalue weighted by atomic mass is 10.2. The van der Waals surface area contributed by atoms with Gasteiger partial charge in [0.1, 0.15) is 11.6 Å². The Hall–Kier alpha value is -2.29. The quantitative estimate of drug-likeness (QED) is 0.666. The minimum Gasteiger partial charge on any atom is -0.497 e. The van der Waals surface area contributed by atoms with Gasteiger partial charge >= 0.3 is 0 Å². The summed E-state index contributed by atoms with van der Waals surface area (Å²) in [5.41, 5.74) is 1.84. The van der Waals surface area contributed by atoms with E-state index in [4.69, 9.17) is 4.74 Å². The van der Waals surface area contributed by atoms with Crippen LogP contribution in [0.3, 0.4) is 0 Å². The SMILES string of the molecule is COc1ccc(-n2ccc3c(F)cccc32)cc1. The number of aromatic nitrogens is 1. The van der Waals surface area contributed by atoms with Crippen molar-refractivity contribution in [2.45, 2.75) is 0 Å². The molecule has 0 aliphatic carbocycles. The fourth-order valence-electron chi connectivity index (χ4n) is 2.10. The zero-order valence-corrected chi connectivity index (χ0v) is 9.93. The second-order valence-corrected chi connectivity index (χ2v) is 4.06. The maximum atomic E-state index is 13.6. The van der Waals surface area contributed by atoms with Gasteiger partial charge < -0.3 is 9.30 Å². The van der Waals surface area contributed by atoms with Crippen molar-refractivity contribution in [2.75, 3.05) is 7.11 Å². The topological polar surface area (TPSA) is 14.2 Å². The largest absolute Gasteiger partial charge is 0.497 e. The Kier molecular flexibility index (Phi) is 2.52. The summed E-state index contributed by atoms with van der Waals surface area (Å²) in [5.74, 6) is 0.612. The van der Waals surface area contributed by atoms with E-state index >= 15 is 0 Å². The summed E-state index contributed by atoms with van der Waals surface area (Å²) in [7, 11) is 1.63. The van der Waals surface area contributed by atoms with Crippen LogP contribution in [0.5, 0.6) is 5.75 Å². The second kappa shape index (κ2) is 4.18. The van der Waals surface area contributed by atoms with Gasteiger partial charge in [0.15, 0.2) is 0 Å². The molecule has 0 saturated carbocycles. The summed E-state index contributed by atoms with van der Waals surface area (Å²) >= 11 is 0. The smallest absolute Gasteiger partial charge is 0.132 e. The van der Waals surface area contributed by atoms with Crippen LogP contribution in [0.4, 0.5) is 4.39 Å². The average Bonchev–Trinajstić information content (AvgIpc) is 2.84. The highest BCUT2D eigenvalue weighted by Crippen LogP contribution is 2.23. The molecule has 0 unspecified atom stereocenters. The molecule has 0 radical (unpaired) electrons. The van der Waals surface area contributed by atoms with E-state index in [0.29, 0.717) is 5.39 Å². The summed E-state index contributed by atoms with van der Waals surface area (Å²) in [6, 6.07) is 14.6. The number of methoxy groups -OCH3 is 1. The second-order valence-electron chi connectivity index (χ2n) is 4.06. The molecule has 0 fully saturated rings. The fourth-order valence-corrected chi connectivity index (χ4v) is 2.10. The van der Waals surface area contributed by atoms with Crippen LogP contribution in [-0.4, -0.2) is 11.7 Å². The van der Waals surface area contributed by atoms with Gasteiger partial charge in [-0.3, -0.25) is 0 Å². The normalized spacial score (nSPS) is 10.8. The van der Waals surface area contributed by atoms with Crippen molar-refractivity contribution in [3.8, 4) is 11.4 Å². The van der Waals surface area contributed by atoms with E-state index in [0.717, 1.165) is 17.0 Å². The monoisotopic (exact) mass is 241 g/mol. The minimum absolute atomic E-state index is 0.195. The van der Waals surface area contributed by atoms with Gasteiger partial charge in [0.25, 0.3) is 0 Å². The molecule has 0 N–H and O–H groups in total. The van der Waals surface area contributed by atoms with Crippen molar-refractivity contribution in [1.29, 1.82) is 0 Å². The lowest BCUT2D eigenvalue weighted by Crippen LogP contribution is -1.92. The van der Waals surface area contributed by atoms with Crippen molar-refractivity contribution in [1.82, 2.24) is 4.57 Å². The summed E-state index contributed by atoms with van der Waals surface area (Å²) < 4.78 is 20.7. The third-order valence-corrected chi connectivity index (χ3v) is 3.03. The molecule has 18 heavy (non-hydrogen) atoms. The van der Waals surface area contributed by atoms with E-state index in [1.54, 1.807) is 19.2 Å². The first-order valence-corrected chi connectivity index (χ1v) is 5.69. The van der Waals surface area contributed by atoms with Crippen molar-refractivity contribution in [3.63, 3.8) is 0 Å². The molecule has 0 aliphatic heterocycles. The van der Waals surface area contributed by atoms with Crippen LogP contribution in [0.15, 0.2) is 54.7 Å². The first-order chi connectivity index (χ1) is 8.79. The van der Waals surface area contributed by atoms with Crippen LogP contribution >= 0.6 is 0 Å². The van der Waals surface area contributed by atoms with E-state index in [9.17, 15) is 4.39 Å². The predicted octanol–water partition coefficient (Wildman–Crippen LogP) is 3.78. The van der Waals surface area contributed by atoms with Gasteiger partial charge in [-0.15, -0.1) is 0 Å². The van der Waals surface area contributed by atoms with Crippen LogP contribution in [0.25, 0.3) is 16.6 Å². The predicted molar refractivity (Wildman–Crippen MR) is 69.8 cm³/mol.